The van der Waals surface area contributed by atoms with Crippen molar-refractivity contribution in [3.8, 4) is 17.2 Å². The van der Waals surface area contributed by atoms with Crippen LogP contribution in [0.15, 0.2) is 35.5 Å². The van der Waals surface area contributed by atoms with E-state index in [1.54, 1.807) is 12.1 Å². The Labute approximate surface area is 161 Å². The minimum absolute atomic E-state index is 0.100. The summed E-state index contributed by atoms with van der Waals surface area (Å²) < 4.78 is 13.2. The van der Waals surface area contributed by atoms with E-state index in [0.29, 0.717) is 35.1 Å². The highest BCUT2D eigenvalue weighted by Crippen LogP contribution is 2.39. The molecule has 8 heteroatoms. The molecule has 1 fully saturated rings. The van der Waals surface area contributed by atoms with Gasteiger partial charge in [0.2, 0.25) is 5.95 Å². The molecule has 0 saturated carbocycles. The van der Waals surface area contributed by atoms with E-state index in [1.807, 2.05) is 6.07 Å². The zero-order valence-corrected chi connectivity index (χ0v) is 15.2. The Morgan fingerprint density at radius 3 is 2.70 bits per heavy atom. The Morgan fingerprint density at radius 1 is 1.37 bits per heavy atom. The first-order valence-corrected chi connectivity index (χ1v) is 8.84. The Balaban J connectivity index is 1.98. The second kappa shape index (κ2) is 8.14. The zero-order valence-electron chi connectivity index (χ0n) is 14.5. The Bertz CT molecular complexity index is 911. The summed E-state index contributed by atoms with van der Waals surface area (Å²) in [6, 6.07) is 8.61. The fraction of sp³-hybridized carbons (Fsp3) is 0.263. The van der Waals surface area contributed by atoms with Crippen molar-refractivity contribution in [2.24, 2.45) is 16.6 Å². The number of piperidine rings is 1. The van der Waals surface area contributed by atoms with E-state index in [4.69, 9.17) is 22.7 Å². The molecule has 0 radical (unpaired) electrons. The molecule has 1 aromatic heterocycles. The van der Waals surface area contributed by atoms with Gasteiger partial charge >= 0.3 is 0 Å². The van der Waals surface area contributed by atoms with Gasteiger partial charge in [0.05, 0.1) is 16.3 Å². The van der Waals surface area contributed by atoms with Gasteiger partial charge in [0.15, 0.2) is 0 Å². The second-order valence-electron chi connectivity index (χ2n) is 6.24. The van der Waals surface area contributed by atoms with Crippen molar-refractivity contribution < 1.29 is 4.39 Å². The molecule has 6 nitrogen and oxygen atoms in total. The topological polar surface area (TPSA) is 102 Å². The number of nitrogens with two attached hydrogens (primary N) is 1. The van der Waals surface area contributed by atoms with Crippen LogP contribution in [0.2, 0.25) is 5.02 Å². The summed E-state index contributed by atoms with van der Waals surface area (Å²) in [5.74, 6) is -0.000684. The average molecular weight is 385 g/mol. The monoisotopic (exact) mass is 384 g/mol. The highest BCUT2D eigenvalue weighted by atomic mass is 35.5. The van der Waals surface area contributed by atoms with Crippen LogP contribution in [0, 0.1) is 28.6 Å². The largest absolute Gasteiger partial charge is 0.387 e. The molecule has 2 heterocycles. The second-order valence-corrected chi connectivity index (χ2v) is 6.65. The maximum Gasteiger partial charge on any atom is 0.212 e. The van der Waals surface area contributed by atoms with Crippen LogP contribution in [0.4, 0.5) is 10.1 Å². The van der Waals surface area contributed by atoms with Crippen molar-refractivity contribution in [2.45, 2.75) is 12.8 Å². The van der Waals surface area contributed by atoms with Crippen molar-refractivity contribution >= 4 is 29.5 Å². The summed E-state index contributed by atoms with van der Waals surface area (Å²) in [5, 5.41) is 17.1. The first kappa shape index (κ1) is 18.8. The molecular weight excluding hydrogens is 367 g/mol. The molecular formula is C19H18ClFN6. The zero-order chi connectivity index (χ0) is 19.4. The number of rotatable bonds is 4. The predicted molar refractivity (Wildman–Crippen MR) is 105 cm³/mol. The Morgan fingerprint density at radius 2 is 2.11 bits per heavy atom. The summed E-state index contributed by atoms with van der Waals surface area (Å²) in [6.07, 6.45) is 3.90. The number of nitriles is 1. The van der Waals surface area contributed by atoms with Crippen LogP contribution in [-0.4, -0.2) is 30.2 Å². The number of nitrogens with one attached hydrogen (secondary N) is 1. The summed E-state index contributed by atoms with van der Waals surface area (Å²) in [5.41, 5.74) is 8.53. The van der Waals surface area contributed by atoms with Gasteiger partial charge in [0.25, 0.3) is 0 Å². The van der Waals surface area contributed by atoms with Crippen molar-refractivity contribution in [1.29, 1.82) is 10.7 Å². The molecule has 3 N–H and O–H groups in total. The SMILES string of the molecule is N#Cc1c(Cl)ccc(-c2ccc(F)nc2)c1N1CCC(C(N)=NC=N)CC1. The molecule has 0 bridgehead atoms. The van der Waals surface area contributed by atoms with Crippen LogP contribution in [0.1, 0.15) is 18.4 Å². The van der Waals surface area contributed by atoms with Gasteiger partial charge in [-0.1, -0.05) is 17.7 Å². The molecule has 0 spiro atoms. The van der Waals surface area contributed by atoms with Crippen molar-refractivity contribution in [2.75, 3.05) is 18.0 Å². The number of pyridine rings is 1. The highest BCUT2D eigenvalue weighted by Gasteiger charge is 2.26. The Kier molecular flexibility index (Phi) is 5.67. The maximum atomic E-state index is 13.2. The van der Waals surface area contributed by atoms with E-state index < -0.39 is 5.95 Å². The summed E-state index contributed by atoms with van der Waals surface area (Å²) in [4.78, 5) is 9.68. The van der Waals surface area contributed by atoms with E-state index in [2.05, 4.69) is 20.9 Å². The third-order valence-electron chi connectivity index (χ3n) is 4.72. The highest BCUT2D eigenvalue weighted by molar-refractivity contribution is 6.32. The predicted octanol–water partition coefficient (Wildman–Crippen LogP) is 3.59. The van der Waals surface area contributed by atoms with Crippen molar-refractivity contribution in [1.82, 2.24) is 4.98 Å². The lowest BCUT2D eigenvalue weighted by Gasteiger charge is -2.35. The van der Waals surface area contributed by atoms with Gasteiger partial charge in [-0.05, 0) is 31.0 Å². The first-order valence-electron chi connectivity index (χ1n) is 8.46. The molecule has 3 rings (SSSR count). The number of hydrogen-bond donors (Lipinski definition) is 2. The first-order chi connectivity index (χ1) is 13.0. The molecule has 1 saturated heterocycles. The fourth-order valence-electron chi connectivity index (χ4n) is 3.35. The summed E-state index contributed by atoms with van der Waals surface area (Å²) >= 11 is 6.26. The normalized spacial score (nSPS) is 15.4. The van der Waals surface area contributed by atoms with Gasteiger partial charge in [-0.3, -0.25) is 5.41 Å². The maximum absolute atomic E-state index is 13.2. The molecule has 0 amide bonds. The van der Waals surface area contributed by atoms with Crippen LogP contribution in [0.5, 0.6) is 0 Å². The van der Waals surface area contributed by atoms with Gasteiger partial charge in [-0.25, -0.2) is 9.98 Å². The summed E-state index contributed by atoms with van der Waals surface area (Å²) in [7, 11) is 0. The molecule has 1 aromatic carbocycles. The number of amidine groups is 1. The lowest BCUT2D eigenvalue weighted by atomic mass is 9.93. The number of halogens is 2. The van der Waals surface area contributed by atoms with Crippen LogP contribution in [0.25, 0.3) is 11.1 Å². The molecule has 0 unspecified atom stereocenters. The fourth-order valence-corrected chi connectivity index (χ4v) is 3.54. The number of benzene rings is 1. The van der Waals surface area contributed by atoms with Gasteiger partial charge < -0.3 is 10.6 Å². The van der Waals surface area contributed by atoms with Crippen LogP contribution >= 0.6 is 11.6 Å². The van der Waals surface area contributed by atoms with Crippen molar-refractivity contribution in [3.63, 3.8) is 0 Å². The van der Waals surface area contributed by atoms with Crippen molar-refractivity contribution in [3.05, 3.63) is 47.0 Å². The minimum Gasteiger partial charge on any atom is -0.387 e. The van der Waals surface area contributed by atoms with Crippen LogP contribution in [-0.2, 0) is 0 Å². The van der Waals surface area contributed by atoms with Gasteiger partial charge in [0.1, 0.15) is 18.2 Å². The Hall–Kier alpha value is -2.98. The van der Waals surface area contributed by atoms with Crippen LogP contribution < -0.4 is 10.6 Å². The lowest BCUT2D eigenvalue weighted by molar-refractivity contribution is 0.500. The van der Waals surface area contributed by atoms with E-state index in [-0.39, 0.29) is 5.92 Å². The van der Waals surface area contributed by atoms with Crippen LogP contribution in [0.3, 0.4) is 0 Å². The van der Waals surface area contributed by atoms with Gasteiger partial charge in [-0.15, -0.1) is 0 Å². The average Bonchev–Trinajstić information content (AvgIpc) is 2.69. The standard InChI is InChI=1S/C19H18ClFN6/c20-16-3-2-14(13-1-4-17(21)25-10-13)18(15(16)9-22)27-7-5-12(6-8-27)19(24)26-11-23/h1-4,10-12H,5-8H2,(H3,23,24,26). The number of aromatic nitrogens is 1. The molecule has 2 aromatic rings. The number of nitrogens with zero attached hydrogens (tertiary/aromatic N) is 4. The van der Waals surface area contributed by atoms with E-state index in [1.165, 1.54) is 12.3 Å². The van der Waals surface area contributed by atoms with E-state index in [9.17, 15) is 9.65 Å². The number of anilines is 1. The quantitative estimate of drug-likeness (QED) is 0.477. The molecule has 1 aliphatic rings. The minimum atomic E-state index is -0.559. The van der Waals surface area contributed by atoms with Gasteiger partial charge in [-0.2, -0.15) is 9.65 Å². The smallest absolute Gasteiger partial charge is 0.212 e. The lowest BCUT2D eigenvalue weighted by Crippen LogP contribution is -2.39. The molecule has 1 aliphatic heterocycles. The third kappa shape index (κ3) is 3.91. The molecule has 0 aliphatic carbocycles. The van der Waals surface area contributed by atoms with E-state index in [0.717, 1.165) is 30.4 Å². The number of aliphatic imine (C=N–C) groups is 1. The molecule has 27 heavy (non-hydrogen) atoms. The van der Waals surface area contributed by atoms with Gasteiger partial charge in [0, 0.05) is 36.3 Å². The van der Waals surface area contributed by atoms with E-state index >= 15 is 0 Å². The molecule has 0 atom stereocenters. The molecule has 138 valence electrons. The third-order valence-corrected chi connectivity index (χ3v) is 5.04. The number of hydrogen-bond acceptors (Lipinski definition) is 4. The summed E-state index contributed by atoms with van der Waals surface area (Å²) in [6.45, 7) is 1.32.